The molecule has 3 heterocycles. The van der Waals surface area contributed by atoms with E-state index in [4.69, 9.17) is 9.52 Å². The van der Waals surface area contributed by atoms with E-state index < -0.39 is 5.97 Å². The molecule has 1 aliphatic heterocycles. The first-order valence-corrected chi connectivity index (χ1v) is 12.0. The first-order chi connectivity index (χ1) is 17.1. The van der Waals surface area contributed by atoms with E-state index in [9.17, 15) is 4.79 Å². The van der Waals surface area contributed by atoms with Crippen molar-refractivity contribution in [2.75, 3.05) is 13.1 Å². The van der Waals surface area contributed by atoms with Gasteiger partial charge in [-0.3, -0.25) is 14.7 Å². The van der Waals surface area contributed by atoms with E-state index in [2.05, 4.69) is 39.1 Å². The molecule has 1 fully saturated rings. The molecular weight excluding hydrogens is 440 g/mol. The predicted molar refractivity (Wildman–Crippen MR) is 135 cm³/mol. The van der Waals surface area contributed by atoms with Crippen molar-refractivity contribution in [3.05, 3.63) is 77.8 Å². The van der Waals surface area contributed by atoms with E-state index in [0.29, 0.717) is 31.4 Å². The summed E-state index contributed by atoms with van der Waals surface area (Å²) in [6, 6.07) is 18.2. The largest absolute Gasteiger partial charge is 0.481 e. The maximum absolute atomic E-state index is 11.1. The summed E-state index contributed by atoms with van der Waals surface area (Å²) >= 11 is 0. The summed E-state index contributed by atoms with van der Waals surface area (Å²) in [6.45, 7) is 3.97. The average molecular weight is 469 g/mol. The number of pyridine rings is 1. The maximum Gasteiger partial charge on any atom is 0.309 e. The Hall–Kier alpha value is -3.84. The lowest BCUT2D eigenvalue weighted by molar-refractivity contribution is -0.147. The first-order valence-electron chi connectivity index (χ1n) is 12.0. The molecule has 0 saturated carbocycles. The summed E-state index contributed by atoms with van der Waals surface area (Å²) in [6.07, 6.45) is 6.90. The molecule has 0 amide bonds. The lowest BCUT2D eigenvalue weighted by atomic mass is 9.98. The number of carbonyl (C=O) groups is 1. The number of aliphatic carboxylic acids is 1. The highest BCUT2D eigenvalue weighted by atomic mass is 16.4. The Bertz CT molecular complexity index is 1360. The van der Waals surface area contributed by atoms with E-state index >= 15 is 0 Å². The number of hydrogen-bond acceptors (Lipinski definition) is 6. The Morgan fingerprint density at radius 3 is 2.71 bits per heavy atom. The number of likely N-dealkylation sites (tertiary alicyclic amines) is 1. The molecule has 7 nitrogen and oxygen atoms in total. The molecule has 0 radical (unpaired) electrons. The number of rotatable bonds is 9. The number of unbranched alkanes of at least 4 members (excludes halogenated alkanes) is 1. The fraction of sp³-hybridized carbons (Fsp3) is 0.286. The quantitative estimate of drug-likeness (QED) is 0.345. The molecule has 0 aliphatic carbocycles. The summed E-state index contributed by atoms with van der Waals surface area (Å²) in [5, 5.41) is 18.7. The fourth-order valence-electron chi connectivity index (χ4n) is 4.51. The molecule has 1 N–H and O–H groups in total. The van der Waals surface area contributed by atoms with Crippen molar-refractivity contribution in [2.45, 2.75) is 32.7 Å². The van der Waals surface area contributed by atoms with Gasteiger partial charge >= 0.3 is 5.97 Å². The number of hydrogen-bond donors (Lipinski definition) is 1. The first kappa shape index (κ1) is 22.9. The lowest BCUT2D eigenvalue weighted by Gasteiger charge is -2.36. The van der Waals surface area contributed by atoms with Crippen molar-refractivity contribution < 1.29 is 14.3 Å². The van der Waals surface area contributed by atoms with Crippen LogP contribution < -0.4 is 0 Å². The van der Waals surface area contributed by atoms with Crippen molar-refractivity contribution >= 4 is 28.5 Å². The fourth-order valence-corrected chi connectivity index (χ4v) is 4.51. The van der Waals surface area contributed by atoms with E-state index in [1.807, 2.05) is 48.5 Å². The molecular formula is C28H28N4O3. The number of fused-ring (bicyclic) bond motifs is 1. The van der Waals surface area contributed by atoms with Crippen molar-refractivity contribution in [3.63, 3.8) is 0 Å². The van der Waals surface area contributed by atoms with E-state index in [0.717, 1.165) is 46.9 Å². The minimum absolute atomic E-state index is 0.281. The molecule has 2 aromatic carbocycles. The van der Waals surface area contributed by atoms with Gasteiger partial charge in [-0.15, -0.1) is 10.2 Å². The second kappa shape index (κ2) is 10.2. The van der Waals surface area contributed by atoms with Crippen LogP contribution in [0.4, 0.5) is 0 Å². The SMILES string of the molecule is CCCC/C(=C\c1nnc(-c2ccc(CN3CC(C(=O)O)C3)c3ncccc23)o1)c1ccccc1. The smallest absolute Gasteiger partial charge is 0.309 e. The molecule has 7 heteroatoms. The second-order valence-corrected chi connectivity index (χ2v) is 8.99. The highest BCUT2D eigenvalue weighted by Crippen LogP contribution is 2.32. The summed E-state index contributed by atoms with van der Waals surface area (Å²) in [5.41, 5.74) is 5.10. The summed E-state index contributed by atoms with van der Waals surface area (Å²) < 4.78 is 6.10. The molecule has 0 spiro atoms. The minimum atomic E-state index is -0.731. The van der Waals surface area contributed by atoms with Crippen LogP contribution in [0, 0.1) is 5.92 Å². The van der Waals surface area contributed by atoms with Gasteiger partial charge in [0.2, 0.25) is 11.8 Å². The topological polar surface area (TPSA) is 92.4 Å². The Morgan fingerprint density at radius 2 is 1.94 bits per heavy atom. The molecule has 0 unspecified atom stereocenters. The van der Waals surface area contributed by atoms with Crippen LogP contribution in [0.3, 0.4) is 0 Å². The number of benzene rings is 2. The van der Waals surface area contributed by atoms with E-state index in [1.54, 1.807) is 6.20 Å². The lowest BCUT2D eigenvalue weighted by Crippen LogP contribution is -2.49. The zero-order valence-corrected chi connectivity index (χ0v) is 19.7. The normalized spacial score (nSPS) is 14.8. The van der Waals surface area contributed by atoms with E-state index in [1.165, 1.54) is 5.57 Å². The van der Waals surface area contributed by atoms with Crippen LogP contribution in [-0.4, -0.2) is 44.2 Å². The van der Waals surface area contributed by atoms with Gasteiger partial charge in [-0.1, -0.05) is 55.8 Å². The third kappa shape index (κ3) is 5.00. The molecule has 5 rings (SSSR count). The van der Waals surface area contributed by atoms with Crippen molar-refractivity contribution in [2.24, 2.45) is 5.92 Å². The van der Waals surface area contributed by atoms with Crippen LogP contribution in [0.5, 0.6) is 0 Å². The minimum Gasteiger partial charge on any atom is -0.481 e. The van der Waals surface area contributed by atoms with Gasteiger partial charge in [-0.2, -0.15) is 0 Å². The average Bonchev–Trinajstić information content (AvgIpc) is 3.32. The van der Waals surface area contributed by atoms with Crippen LogP contribution in [0.15, 0.2) is 65.2 Å². The Kier molecular flexibility index (Phi) is 6.68. The Balaban J connectivity index is 1.43. The number of carboxylic acids is 1. The maximum atomic E-state index is 11.1. The molecule has 4 aromatic rings. The van der Waals surface area contributed by atoms with Crippen LogP contribution in [-0.2, 0) is 11.3 Å². The van der Waals surface area contributed by atoms with Gasteiger partial charge in [-0.25, -0.2) is 0 Å². The second-order valence-electron chi connectivity index (χ2n) is 8.99. The molecule has 2 aromatic heterocycles. The number of nitrogens with zero attached hydrogens (tertiary/aromatic N) is 4. The van der Waals surface area contributed by atoms with Crippen LogP contribution in [0.2, 0.25) is 0 Å². The van der Waals surface area contributed by atoms with Crippen molar-refractivity contribution in [1.82, 2.24) is 20.1 Å². The molecule has 1 saturated heterocycles. The zero-order chi connectivity index (χ0) is 24.2. The summed E-state index contributed by atoms with van der Waals surface area (Å²) in [7, 11) is 0. The van der Waals surface area contributed by atoms with Crippen molar-refractivity contribution in [3.8, 4) is 11.5 Å². The number of carboxylic acid groups (broad SMARTS) is 1. The Labute approximate surface area is 204 Å². The highest BCUT2D eigenvalue weighted by Gasteiger charge is 2.32. The molecule has 178 valence electrons. The predicted octanol–water partition coefficient (Wildman–Crippen LogP) is 5.53. The van der Waals surface area contributed by atoms with Crippen LogP contribution in [0.25, 0.3) is 34.0 Å². The number of aromatic nitrogens is 3. The van der Waals surface area contributed by atoms with Gasteiger partial charge in [0.1, 0.15) is 0 Å². The third-order valence-electron chi connectivity index (χ3n) is 6.47. The monoisotopic (exact) mass is 468 g/mol. The standard InChI is InChI=1S/C28H28N4O3/c1-2-3-8-20(19-9-5-4-6-10-19)15-25-30-31-27(35-25)24-13-12-21(26-23(24)11-7-14-29-26)16-32-17-22(18-32)28(33)34/h4-7,9-15,22H,2-3,8,16-18H2,1H3,(H,33,34)/b20-15+. The van der Waals surface area contributed by atoms with Gasteiger partial charge in [0.25, 0.3) is 0 Å². The van der Waals surface area contributed by atoms with Crippen LogP contribution in [0.1, 0.15) is 43.2 Å². The van der Waals surface area contributed by atoms with Gasteiger partial charge in [0.15, 0.2) is 0 Å². The summed E-state index contributed by atoms with van der Waals surface area (Å²) in [4.78, 5) is 17.9. The third-order valence-corrected chi connectivity index (χ3v) is 6.47. The Morgan fingerprint density at radius 1 is 1.11 bits per heavy atom. The van der Waals surface area contributed by atoms with Crippen LogP contribution >= 0.6 is 0 Å². The number of allylic oxidation sites excluding steroid dienone is 1. The highest BCUT2D eigenvalue weighted by molar-refractivity contribution is 5.94. The molecule has 1 aliphatic rings. The molecule has 0 atom stereocenters. The van der Waals surface area contributed by atoms with Gasteiger partial charge in [-0.05, 0) is 41.7 Å². The van der Waals surface area contributed by atoms with Crippen molar-refractivity contribution in [1.29, 1.82) is 0 Å². The zero-order valence-electron chi connectivity index (χ0n) is 19.7. The van der Waals surface area contributed by atoms with Gasteiger partial charge in [0, 0.05) is 42.9 Å². The van der Waals surface area contributed by atoms with E-state index in [-0.39, 0.29) is 5.92 Å². The molecule has 0 bridgehead atoms. The molecule has 35 heavy (non-hydrogen) atoms. The van der Waals surface area contributed by atoms with Gasteiger partial charge in [0.05, 0.1) is 11.4 Å². The summed E-state index contributed by atoms with van der Waals surface area (Å²) in [5.74, 6) is -0.0719. The van der Waals surface area contributed by atoms with Gasteiger partial charge < -0.3 is 9.52 Å².